The van der Waals surface area contributed by atoms with Gasteiger partial charge in [0.2, 0.25) is 0 Å². The van der Waals surface area contributed by atoms with Crippen LogP contribution in [0.2, 0.25) is 0 Å². The highest BCUT2D eigenvalue weighted by Gasteiger charge is 2.63. The van der Waals surface area contributed by atoms with Crippen LogP contribution in [0.1, 0.15) is 34.1 Å². The molecule has 0 aromatic rings. The molecule has 3 fully saturated rings. The molecule has 4 atom stereocenters. The Morgan fingerprint density at radius 1 is 1.11 bits per heavy atom. The summed E-state index contributed by atoms with van der Waals surface area (Å²) in [4.78, 5) is 12.1. The zero-order chi connectivity index (χ0) is 14.1. The highest BCUT2D eigenvalue weighted by molar-refractivity contribution is 5.86. The Morgan fingerprint density at radius 3 is 2.47 bits per heavy atom. The van der Waals surface area contributed by atoms with E-state index < -0.39 is 35.5 Å². The van der Waals surface area contributed by atoms with Crippen molar-refractivity contribution >= 4 is 5.78 Å². The van der Waals surface area contributed by atoms with E-state index in [0.717, 1.165) is 0 Å². The number of Topliss-reactive ketones (excluding diaryl/α,β-unsaturated/α-hetero) is 1. The number of carbonyl (C=O) groups excluding carboxylic acids is 1. The standard InChI is InChI=1S/C13H20O6/c1-11(2)16-6-13(15)5-7(14)8-9(10(13)19-11)18-12(3,4)17-8/h8-10,15H,5-6H2,1-4H3/t8-,9-,10+,13+/m1/s1. The fraction of sp³-hybridized carbons (Fsp3) is 0.923. The molecule has 0 amide bonds. The average Bonchev–Trinajstić information content (AvgIpc) is 2.58. The van der Waals surface area contributed by atoms with Crippen molar-refractivity contribution in [3.05, 3.63) is 0 Å². The summed E-state index contributed by atoms with van der Waals surface area (Å²) in [7, 11) is 0. The van der Waals surface area contributed by atoms with Crippen molar-refractivity contribution in [2.45, 2.75) is 69.6 Å². The van der Waals surface area contributed by atoms with E-state index in [1.165, 1.54) is 0 Å². The number of hydrogen-bond acceptors (Lipinski definition) is 6. The number of hydrogen-bond donors (Lipinski definition) is 1. The minimum Gasteiger partial charge on any atom is -0.384 e. The number of aliphatic hydroxyl groups is 1. The van der Waals surface area contributed by atoms with Crippen LogP contribution in [0.25, 0.3) is 0 Å². The molecule has 0 unspecified atom stereocenters. The van der Waals surface area contributed by atoms with Gasteiger partial charge in [0.05, 0.1) is 6.61 Å². The lowest BCUT2D eigenvalue weighted by Crippen LogP contribution is -2.68. The summed E-state index contributed by atoms with van der Waals surface area (Å²) in [6.07, 6.45) is -1.92. The number of rotatable bonds is 0. The predicted molar refractivity (Wildman–Crippen MR) is 63.3 cm³/mol. The molecule has 0 aromatic carbocycles. The molecule has 0 spiro atoms. The second-order valence-electron chi connectivity index (χ2n) is 6.49. The van der Waals surface area contributed by atoms with Crippen LogP contribution in [0.15, 0.2) is 0 Å². The third-order valence-corrected chi connectivity index (χ3v) is 3.84. The van der Waals surface area contributed by atoms with Crippen molar-refractivity contribution in [3.63, 3.8) is 0 Å². The van der Waals surface area contributed by atoms with Crippen molar-refractivity contribution in [1.82, 2.24) is 0 Å². The smallest absolute Gasteiger partial charge is 0.167 e. The molecule has 0 radical (unpaired) electrons. The molecule has 19 heavy (non-hydrogen) atoms. The minimum absolute atomic E-state index is 0.0334. The molecular weight excluding hydrogens is 252 g/mol. The third kappa shape index (κ3) is 2.11. The Morgan fingerprint density at radius 2 is 1.79 bits per heavy atom. The maximum absolute atomic E-state index is 12.1. The second kappa shape index (κ2) is 3.77. The van der Waals surface area contributed by atoms with E-state index in [4.69, 9.17) is 18.9 Å². The van der Waals surface area contributed by atoms with Crippen molar-refractivity contribution in [2.75, 3.05) is 6.61 Å². The van der Waals surface area contributed by atoms with Gasteiger partial charge < -0.3 is 24.1 Å². The molecule has 2 aliphatic heterocycles. The maximum atomic E-state index is 12.1. The fourth-order valence-electron chi connectivity index (χ4n) is 3.02. The van der Waals surface area contributed by atoms with Crippen LogP contribution in [0.3, 0.4) is 0 Å². The largest absolute Gasteiger partial charge is 0.384 e. The van der Waals surface area contributed by atoms with Gasteiger partial charge in [-0.2, -0.15) is 0 Å². The Labute approximate surface area is 112 Å². The Hall–Kier alpha value is -0.530. The van der Waals surface area contributed by atoms with Crippen LogP contribution in [-0.2, 0) is 23.7 Å². The molecule has 6 nitrogen and oxygen atoms in total. The molecule has 3 aliphatic rings. The summed E-state index contributed by atoms with van der Waals surface area (Å²) >= 11 is 0. The van der Waals surface area contributed by atoms with E-state index >= 15 is 0 Å². The summed E-state index contributed by atoms with van der Waals surface area (Å²) in [5.74, 6) is -1.82. The molecule has 1 N–H and O–H groups in total. The first-order chi connectivity index (χ1) is 8.62. The highest BCUT2D eigenvalue weighted by atomic mass is 16.8. The second-order valence-corrected chi connectivity index (χ2v) is 6.49. The van der Waals surface area contributed by atoms with E-state index in [-0.39, 0.29) is 18.8 Å². The van der Waals surface area contributed by atoms with Gasteiger partial charge in [0.1, 0.15) is 23.9 Å². The van der Waals surface area contributed by atoms with Crippen LogP contribution >= 0.6 is 0 Å². The van der Waals surface area contributed by atoms with Gasteiger partial charge >= 0.3 is 0 Å². The summed E-state index contributed by atoms with van der Waals surface area (Å²) in [6.45, 7) is 7.12. The van der Waals surface area contributed by atoms with E-state index in [1.807, 2.05) is 0 Å². The normalized spacial score (nSPS) is 47.6. The molecule has 3 rings (SSSR count). The van der Waals surface area contributed by atoms with Gasteiger partial charge in [0, 0.05) is 6.42 Å². The maximum Gasteiger partial charge on any atom is 0.167 e. The zero-order valence-electron chi connectivity index (χ0n) is 11.6. The molecule has 0 aromatic heterocycles. The fourth-order valence-corrected chi connectivity index (χ4v) is 3.02. The van der Waals surface area contributed by atoms with Gasteiger partial charge in [-0.25, -0.2) is 0 Å². The molecule has 0 bridgehead atoms. The molecule has 2 heterocycles. The quantitative estimate of drug-likeness (QED) is 0.686. The summed E-state index contributed by atoms with van der Waals surface area (Å²) in [5, 5.41) is 10.6. The van der Waals surface area contributed by atoms with E-state index in [1.54, 1.807) is 27.7 Å². The van der Waals surface area contributed by atoms with Crippen LogP contribution in [0.4, 0.5) is 0 Å². The van der Waals surface area contributed by atoms with Crippen molar-refractivity contribution in [1.29, 1.82) is 0 Å². The Kier molecular flexibility index (Phi) is 2.67. The van der Waals surface area contributed by atoms with Gasteiger partial charge in [0.25, 0.3) is 0 Å². The topological polar surface area (TPSA) is 74.2 Å². The van der Waals surface area contributed by atoms with E-state index in [9.17, 15) is 9.90 Å². The Bertz CT molecular complexity index is 417. The van der Waals surface area contributed by atoms with Crippen LogP contribution < -0.4 is 0 Å². The summed E-state index contributed by atoms with van der Waals surface area (Å²) in [6, 6.07) is 0. The number of carbonyl (C=O) groups is 1. The predicted octanol–water partition coefficient (Wildman–Crippen LogP) is 0.362. The molecule has 1 aliphatic carbocycles. The van der Waals surface area contributed by atoms with Crippen LogP contribution in [0, 0.1) is 0 Å². The number of ketones is 1. The lowest BCUT2D eigenvalue weighted by atomic mass is 9.77. The molecule has 1 saturated carbocycles. The van der Waals surface area contributed by atoms with Gasteiger partial charge in [-0.1, -0.05) is 0 Å². The summed E-state index contributed by atoms with van der Waals surface area (Å²) < 4.78 is 22.7. The lowest BCUT2D eigenvalue weighted by Gasteiger charge is -2.50. The van der Waals surface area contributed by atoms with Crippen LogP contribution in [-0.4, -0.2) is 53.0 Å². The van der Waals surface area contributed by atoms with Gasteiger partial charge in [-0.3, -0.25) is 4.79 Å². The first-order valence-electron chi connectivity index (χ1n) is 6.54. The zero-order valence-corrected chi connectivity index (χ0v) is 11.6. The number of ether oxygens (including phenoxy) is 4. The Balaban J connectivity index is 1.94. The van der Waals surface area contributed by atoms with Gasteiger partial charge in [-0.05, 0) is 27.7 Å². The van der Waals surface area contributed by atoms with Gasteiger partial charge in [-0.15, -0.1) is 0 Å². The average molecular weight is 272 g/mol. The first kappa shape index (κ1) is 13.5. The first-order valence-corrected chi connectivity index (χ1v) is 6.54. The van der Waals surface area contributed by atoms with E-state index in [0.29, 0.717) is 0 Å². The van der Waals surface area contributed by atoms with Crippen LogP contribution in [0.5, 0.6) is 0 Å². The summed E-state index contributed by atoms with van der Waals surface area (Å²) in [5.41, 5.74) is -1.34. The minimum atomic E-state index is -1.34. The SMILES string of the molecule is CC1(C)O[C@@H]2[C@H](O1)C(=O)C[C@]1(O)COC(C)(C)O[C@@H]21. The highest BCUT2D eigenvalue weighted by Crippen LogP contribution is 2.44. The molecule has 108 valence electrons. The number of fused-ring (bicyclic) bond motifs is 3. The van der Waals surface area contributed by atoms with E-state index in [2.05, 4.69) is 0 Å². The van der Waals surface area contributed by atoms with Crippen molar-refractivity contribution in [3.8, 4) is 0 Å². The van der Waals surface area contributed by atoms with Gasteiger partial charge in [0.15, 0.2) is 17.4 Å². The van der Waals surface area contributed by atoms with Crippen molar-refractivity contribution in [2.24, 2.45) is 0 Å². The van der Waals surface area contributed by atoms with Crippen molar-refractivity contribution < 1.29 is 28.8 Å². The lowest BCUT2D eigenvalue weighted by molar-refractivity contribution is -0.353. The molecule has 6 heteroatoms. The molecular formula is C13H20O6. The third-order valence-electron chi connectivity index (χ3n) is 3.84. The molecule has 2 saturated heterocycles. The monoisotopic (exact) mass is 272 g/mol.